The fourth-order valence-corrected chi connectivity index (χ4v) is 4.32. The number of anilines is 1. The van der Waals surface area contributed by atoms with Crippen LogP contribution in [-0.2, 0) is 13.1 Å². The molecule has 1 saturated heterocycles. The maximum Gasteiger partial charge on any atom is 0.145 e. The summed E-state index contributed by atoms with van der Waals surface area (Å²) in [6, 6.07) is 6.21. The van der Waals surface area contributed by atoms with Crippen molar-refractivity contribution in [1.29, 1.82) is 0 Å². The number of methoxy groups -OCH3 is 1. The molecule has 3 aromatic rings. The number of pyridine rings is 1. The summed E-state index contributed by atoms with van der Waals surface area (Å²) in [5.74, 6) is 0.837. The molecule has 154 valence electrons. The molecular weight excluding hydrogens is 362 g/mol. The monoisotopic (exact) mass is 393 g/mol. The van der Waals surface area contributed by atoms with E-state index in [1.54, 1.807) is 7.11 Å². The van der Waals surface area contributed by atoms with Crippen LogP contribution in [0.1, 0.15) is 30.9 Å². The molecule has 4 rings (SSSR count). The highest BCUT2D eigenvalue weighted by Crippen LogP contribution is 2.34. The topological polar surface area (TPSA) is 46.4 Å². The van der Waals surface area contributed by atoms with Gasteiger partial charge in [-0.3, -0.25) is 14.6 Å². The molecule has 0 amide bonds. The van der Waals surface area contributed by atoms with Gasteiger partial charge in [-0.25, -0.2) is 0 Å². The fourth-order valence-electron chi connectivity index (χ4n) is 4.32. The van der Waals surface area contributed by atoms with Gasteiger partial charge in [0.15, 0.2) is 0 Å². The van der Waals surface area contributed by atoms with Crippen molar-refractivity contribution in [2.24, 2.45) is 0 Å². The Labute approximate surface area is 173 Å². The number of para-hydroxylation sites is 1. The van der Waals surface area contributed by atoms with Crippen molar-refractivity contribution in [3.8, 4) is 5.75 Å². The van der Waals surface area contributed by atoms with Gasteiger partial charge in [-0.05, 0) is 31.4 Å². The first-order chi connectivity index (χ1) is 14.2. The van der Waals surface area contributed by atoms with Crippen molar-refractivity contribution < 1.29 is 4.74 Å². The van der Waals surface area contributed by atoms with E-state index in [0.717, 1.165) is 63.4 Å². The van der Waals surface area contributed by atoms with E-state index in [-0.39, 0.29) is 0 Å². The van der Waals surface area contributed by atoms with Crippen molar-refractivity contribution in [3.05, 3.63) is 47.9 Å². The van der Waals surface area contributed by atoms with E-state index in [1.807, 2.05) is 18.5 Å². The average molecular weight is 394 g/mol. The highest BCUT2D eigenvalue weighted by molar-refractivity contribution is 5.96. The molecule has 0 aliphatic carbocycles. The van der Waals surface area contributed by atoms with Gasteiger partial charge < -0.3 is 9.64 Å². The molecule has 1 aliphatic rings. The van der Waals surface area contributed by atoms with E-state index in [9.17, 15) is 0 Å². The molecule has 29 heavy (non-hydrogen) atoms. The molecule has 0 saturated carbocycles. The average Bonchev–Trinajstić information content (AvgIpc) is 3.04. The lowest BCUT2D eigenvalue weighted by Crippen LogP contribution is -2.31. The van der Waals surface area contributed by atoms with Crippen LogP contribution >= 0.6 is 0 Å². The Morgan fingerprint density at radius 3 is 2.83 bits per heavy atom. The number of nitrogens with zero attached hydrogens (tertiary/aromatic N) is 5. The molecule has 0 unspecified atom stereocenters. The number of rotatable bonds is 6. The van der Waals surface area contributed by atoms with E-state index in [1.165, 1.54) is 22.2 Å². The highest BCUT2D eigenvalue weighted by Gasteiger charge is 2.20. The minimum atomic E-state index is 0.837. The van der Waals surface area contributed by atoms with Crippen LogP contribution in [0.3, 0.4) is 0 Å². The van der Waals surface area contributed by atoms with Gasteiger partial charge in [0.05, 0.1) is 19.0 Å². The number of benzene rings is 1. The maximum atomic E-state index is 5.54. The number of fused-ring (bicyclic) bond motifs is 1. The molecule has 1 fully saturated rings. The molecule has 0 N–H and O–H groups in total. The number of aromatic nitrogens is 3. The second-order valence-electron chi connectivity index (χ2n) is 7.87. The zero-order valence-electron chi connectivity index (χ0n) is 17.8. The summed E-state index contributed by atoms with van der Waals surface area (Å²) in [7, 11) is 1.71. The van der Waals surface area contributed by atoms with E-state index >= 15 is 0 Å². The predicted molar refractivity (Wildman–Crippen MR) is 118 cm³/mol. The molecule has 0 radical (unpaired) electrons. The summed E-state index contributed by atoms with van der Waals surface area (Å²) < 4.78 is 7.59. The van der Waals surface area contributed by atoms with Crippen LogP contribution in [0, 0.1) is 6.92 Å². The second kappa shape index (κ2) is 8.82. The van der Waals surface area contributed by atoms with Crippen LogP contribution in [0.25, 0.3) is 10.9 Å². The normalized spacial score (nSPS) is 15.6. The lowest BCUT2D eigenvalue weighted by Gasteiger charge is -2.26. The van der Waals surface area contributed by atoms with Gasteiger partial charge in [-0.2, -0.15) is 5.10 Å². The van der Waals surface area contributed by atoms with Crippen molar-refractivity contribution in [1.82, 2.24) is 19.7 Å². The highest BCUT2D eigenvalue weighted by atomic mass is 16.5. The molecule has 0 bridgehead atoms. The van der Waals surface area contributed by atoms with Crippen molar-refractivity contribution in [2.75, 3.05) is 38.2 Å². The third kappa shape index (κ3) is 4.22. The third-order valence-corrected chi connectivity index (χ3v) is 5.69. The van der Waals surface area contributed by atoms with E-state index < -0.39 is 0 Å². The summed E-state index contributed by atoms with van der Waals surface area (Å²) in [5.41, 5.74) is 4.77. The third-order valence-electron chi connectivity index (χ3n) is 5.69. The molecule has 6 nitrogen and oxygen atoms in total. The Morgan fingerprint density at radius 2 is 2.00 bits per heavy atom. The Kier molecular flexibility index (Phi) is 6.00. The minimum absolute atomic E-state index is 0.837. The number of ether oxygens (including phenoxy) is 1. The zero-order valence-corrected chi connectivity index (χ0v) is 17.8. The standard InChI is InChI=1S/C23H31N5O/c1-4-9-28-17-19(15-25-28)16-26-10-6-11-27(13-12-26)23-18(2)14-24-22-20(23)7-5-8-21(22)29-3/h5,7-8,14-15,17H,4,6,9-13,16H2,1-3H3. The summed E-state index contributed by atoms with van der Waals surface area (Å²) in [6.45, 7) is 10.5. The molecule has 3 heterocycles. The predicted octanol–water partition coefficient (Wildman–Crippen LogP) is 3.87. The molecule has 0 spiro atoms. The van der Waals surface area contributed by atoms with Gasteiger partial charge in [0.25, 0.3) is 0 Å². The molecular formula is C23H31N5O. The van der Waals surface area contributed by atoms with Gasteiger partial charge in [0, 0.05) is 62.6 Å². The largest absolute Gasteiger partial charge is 0.494 e. The number of aryl methyl sites for hydroxylation is 2. The Hall–Kier alpha value is -2.60. The van der Waals surface area contributed by atoms with Crippen LogP contribution in [0.15, 0.2) is 36.8 Å². The molecule has 0 atom stereocenters. The maximum absolute atomic E-state index is 5.54. The smallest absolute Gasteiger partial charge is 0.145 e. The Morgan fingerprint density at radius 1 is 1.10 bits per heavy atom. The van der Waals surface area contributed by atoms with Crippen LogP contribution in [0.5, 0.6) is 5.75 Å². The van der Waals surface area contributed by atoms with E-state index in [2.05, 4.69) is 56.7 Å². The minimum Gasteiger partial charge on any atom is -0.494 e. The van der Waals surface area contributed by atoms with Gasteiger partial charge in [0.1, 0.15) is 11.3 Å². The van der Waals surface area contributed by atoms with Crippen molar-refractivity contribution >= 4 is 16.6 Å². The van der Waals surface area contributed by atoms with Gasteiger partial charge in [0.2, 0.25) is 0 Å². The van der Waals surface area contributed by atoms with E-state index in [0.29, 0.717) is 0 Å². The SMILES string of the molecule is CCCn1cc(CN2CCCN(c3c(C)cnc4c(OC)cccc34)CC2)cn1. The quantitative estimate of drug-likeness (QED) is 0.636. The summed E-state index contributed by atoms with van der Waals surface area (Å²) in [6.07, 6.45) is 8.45. The second-order valence-corrected chi connectivity index (χ2v) is 7.87. The first-order valence-corrected chi connectivity index (χ1v) is 10.6. The Balaban J connectivity index is 1.52. The van der Waals surface area contributed by atoms with Gasteiger partial charge in [-0.1, -0.05) is 19.1 Å². The Bertz CT molecular complexity index is 967. The van der Waals surface area contributed by atoms with E-state index in [4.69, 9.17) is 4.74 Å². The molecule has 1 aliphatic heterocycles. The lowest BCUT2D eigenvalue weighted by molar-refractivity contribution is 0.285. The van der Waals surface area contributed by atoms with Gasteiger partial charge in [-0.15, -0.1) is 0 Å². The number of hydrogen-bond donors (Lipinski definition) is 0. The first-order valence-electron chi connectivity index (χ1n) is 10.6. The molecule has 6 heteroatoms. The van der Waals surface area contributed by atoms with Crippen LogP contribution < -0.4 is 9.64 Å². The van der Waals surface area contributed by atoms with Gasteiger partial charge >= 0.3 is 0 Å². The fraction of sp³-hybridized carbons (Fsp3) is 0.478. The number of hydrogen-bond acceptors (Lipinski definition) is 5. The molecule has 1 aromatic carbocycles. The summed E-state index contributed by atoms with van der Waals surface area (Å²) in [4.78, 5) is 9.72. The lowest BCUT2D eigenvalue weighted by atomic mass is 10.1. The van der Waals surface area contributed by atoms with Crippen LogP contribution in [-0.4, -0.2) is 53.0 Å². The van der Waals surface area contributed by atoms with Crippen molar-refractivity contribution in [3.63, 3.8) is 0 Å². The van der Waals surface area contributed by atoms with Crippen molar-refractivity contribution in [2.45, 2.75) is 39.8 Å². The summed E-state index contributed by atoms with van der Waals surface area (Å²) in [5, 5.41) is 5.66. The first kappa shape index (κ1) is 19.7. The van der Waals surface area contributed by atoms with Crippen LogP contribution in [0.2, 0.25) is 0 Å². The van der Waals surface area contributed by atoms with Crippen LogP contribution in [0.4, 0.5) is 5.69 Å². The zero-order chi connectivity index (χ0) is 20.2. The molecule has 2 aromatic heterocycles. The summed E-state index contributed by atoms with van der Waals surface area (Å²) >= 11 is 0.